The number of nitrogens with zero attached hydrogens (tertiary/aromatic N) is 1. The van der Waals surface area contributed by atoms with E-state index in [0.29, 0.717) is 22.6 Å². The summed E-state index contributed by atoms with van der Waals surface area (Å²) in [4.78, 5) is 11.4. The molecule has 9 heteroatoms. The molecule has 28 heavy (non-hydrogen) atoms. The molecule has 0 fully saturated rings. The van der Waals surface area contributed by atoms with E-state index < -0.39 is 10.0 Å². The average molecular weight is 418 g/mol. The molecule has 0 unspecified atom stereocenters. The van der Waals surface area contributed by atoms with Crippen LogP contribution in [-0.4, -0.2) is 19.5 Å². The summed E-state index contributed by atoms with van der Waals surface area (Å²) in [5.74, 6) is 0.445. The summed E-state index contributed by atoms with van der Waals surface area (Å²) in [5.41, 5.74) is 2.87. The van der Waals surface area contributed by atoms with Gasteiger partial charge in [0.1, 0.15) is 5.69 Å². The van der Waals surface area contributed by atoms with E-state index in [1.165, 1.54) is 12.1 Å². The van der Waals surface area contributed by atoms with E-state index in [1.807, 2.05) is 30.3 Å². The van der Waals surface area contributed by atoms with Crippen LogP contribution in [0.1, 0.15) is 19.1 Å². The molecule has 3 aromatic rings. The summed E-state index contributed by atoms with van der Waals surface area (Å²) in [7, 11) is -3.79. The SMILES string of the molecule is CCC(=O)OSCc1onc(-c2ccccc2)c1-c1ccc(S(N)(=O)=O)cc1. The molecular weight excluding hydrogens is 400 g/mol. The van der Waals surface area contributed by atoms with Crippen LogP contribution in [0.4, 0.5) is 0 Å². The van der Waals surface area contributed by atoms with Gasteiger partial charge in [-0.3, -0.25) is 4.79 Å². The molecule has 0 aliphatic heterocycles. The van der Waals surface area contributed by atoms with Crippen molar-refractivity contribution in [1.82, 2.24) is 5.16 Å². The second-order valence-corrected chi connectivity index (χ2v) is 8.09. The smallest absolute Gasteiger partial charge is 0.317 e. The first-order valence-electron chi connectivity index (χ1n) is 8.39. The number of benzene rings is 2. The Bertz CT molecular complexity index is 1060. The lowest BCUT2D eigenvalue weighted by molar-refractivity contribution is -0.132. The molecule has 0 atom stereocenters. The molecule has 1 heterocycles. The largest absolute Gasteiger partial charge is 0.391 e. The summed E-state index contributed by atoms with van der Waals surface area (Å²) < 4.78 is 33.6. The first kappa shape index (κ1) is 20.1. The van der Waals surface area contributed by atoms with Gasteiger partial charge in [-0.1, -0.05) is 54.5 Å². The van der Waals surface area contributed by atoms with Gasteiger partial charge < -0.3 is 8.71 Å². The Morgan fingerprint density at radius 2 is 1.79 bits per heavy atom. The number of nitrogens with two attached hydrogens (primary N) is 1. The van der Waals surface area contributed by atoms with Crippen LogP contribution in [0.2, 0.25) is 0 Å². The summed E-state index contributed by atoms with van der Waals surface area (Å²) >= 11 is 0.965. The topological polar surface area (TPSA) is 112 Å². The number of carbonyl (C=O) groups excluding carboxylic acids is 1. The molecule has 0 radical (unpaired) electrons. The number of hydrogen-bond acceptors (Lipinski definition) is 7. The molecule has 0 amide bonds. The molecule has 2 aromatic carbocycles. The Hall–Kier alpha value is -2.62. The zero-order valence-electron chi connectivity index (χ0n) is 15.0. The monoisotopic (exact) mass is 418 g/mol. The van der Waals surface area contributed by atoms with Crippen molar-refractivity contribution in [3.63, 3.8) is 0 Å². The molecule has 1 aromatic heterocycles. The van der Waals surface area contributed by atoms with Gasteiger partial charge in [-0.15, -0.1) is 0 Å². The van der Waals surface area contributed by atoms with Gasteiger partial charge in [0, 0.05) is 12.0 Å². The van der Waals surface area contributed by atoms with Gasteiger partial charge in [-0.25, -0.2) is 13.6 Å². The fourth-order valence-corrected chi connectivity index (χ4v) is 3.66. The number of aromatic nitrogens is 1. The van der Waals surface area contributed by atoms with Crippen LogP contribution in [0.3, 0.4) is 0 Å². The molecule has 0 saturated heterocycles. The van der Waals surface area contributed by atoms with Gasteiger partial charge in [0.15, 0.2) is 5.76 Å². The third-order valence-corrected chi connectivity index (χ3v) is 5.53. The first-order chi connectivity index (χ1) is 13.4. The molecule has 0 saturated carbocycles. The van der Waals surface area contributed by atoms with Crippen molar-refractivity contribution in [2.45, 2.75) is 24.0 Å². The summed E-state index contributed by atoms with van der Waals surface area (Å²) in [6.45, 7) is 1.71. The van der Waals surface area contributed by atoms with E-state index >= 15 is 0 Å². The highest BCUT2D eigenvalue weighted by atomic mass is 32.2. The van der Waals surface area contributed by atoms with E-state index in [9.17, 15) is 13.2 Å². The minimum atomic E-state index is -3.79. The van der Waals surface area contributed by atoms with Gasteiger partial charge >= 0.3 is 5.97 Å². The molecule has 0 spiro atoms. The first-order valence-corrected chi connectivity index (χ1v) is 10.9. The van der Waals surface area contributed by atoms with Crippen LogP contribution >= 0.6 is 12.0 Å². The average Bonchev–Trinajstić information content (AvgIpc) is 3.11. The number of rotatable bonds is 7. The Labute approximate surface area is 167 Å². The van der Waals surface area contributed by atoms with Crippen LogP contribution in [0.25, 0.3) is 22.4 Å². The molecular formula is C19H18N2O5S2. The Balaban J connectivity index is 2.00. The highest BCUT2D eigenvalue weighted by molar-refractivity contribution is 7.94. The number of primary sulfonamides is 1. The van der Waals surface area contributed by atoms with E-state index in [-0.39, 0.29) is 23.0 Å². The van der Waals surface area contributed by atoms with Crippen molar-refractivity contribution in [3.8, 4) is 22.4 Å². The Morgan fingerprint density at radius 1 is 1.11 bits per heavy atom. The van der Waals surface area contributed by atoms with Crippen molar-refractivity contribution in [1.29, 1.82) is 0 Å². The number of sulfonamides is 1. The lowest BCUT2D eigenvalue weighted by Crippen LogP contribution is -2.11. The van der Waals surface area contributed by atoms with Crippen LogP contribution in [0.15, 0.2) is 64.0 Å². The third-order valence-electron chi connectivity index (χ3n) is 3.91. The van der Waals surface area contributed by atoms with Gasteiger partial charge in [0.25, 0.3) is 0 Å². The Morgan fingerprint density at radius 3 is 2.39 bits per heavy atom. The van der Waals surface area contributed by atoms with E-state index in [4.69, 9.17) is 13.8 Å². The summed E-state index contributed by atoms with van der Waals surface area (Å²) in [5, 5.41) is 9.35. The van der Waals surface area contributed by atoms with Crippen molar-refractivity contribution >= 4 is 28.0 Å². The van der Waals surface area contributed by atoms with Crippen LogP contribution in [0, 0.1) is 0 Å². The summed E-state index contributed by atoms with van der Waals surface area (Å²) in [6, 6.07) is 15.6. The highest BCUT2D eigenvalue weighted by Crippen LogP contribution is 2.36. The maximum Gasteiger partial charge on any atom is 0.317 e. The molecule has 2 N–H and O–H groups in total. The normalized spacial score (nSPS) is 11.4. The second kappa shape index (κ2) is 8.59. The number of carbonyl (C=O) groups is 1. The minimum absolute atomic E-state index is 0.0155. The van der Waals surface area contributed by atoms with Crippen molar-refractivity contribution in [3.05, 3.63) is 60.4 Å². The molecule has 3 rings (SSSR count). The van der Waals surface area contributed by atoms with Crippen molar-refractivity contribution < 1.29 is 21.9 Å². The zero-order valence-corrected chi connectivity index (χ0v) is 16.6. The Kier molecular flexibility index (Phi) is 6.18. The fourth-order valence-electron chi connectivity index (χ4n) is 2.53. The second-order valence-electron chi connectivity index (χ2n) is 5.84. The van der Waals surface area contributed by atoms with Crippen molar-refractivity contribution in [2.75, 3.05) is 0 Å². The lowest BCUT2D eigenvalue weighted by atomic mass is 9.99. The molecule has 146 valence electrons. The standard InChI is InChI=1S/C19H18N2O5S2/c1-2-17(22)26-27-12-16-18(13-8-10-15(11-9-13)28(20,23)24)19(21-25-16)14-6-4-3-5-7-14/h3-11H,2,12H2,1H3,(H2,20,23,24). The van der Waals surface area contributed by atoms with Crippen LogP contribution < -0.4 is 5.14 Å². The minimum Gasteiger partial charge on any atom is -0.391 e. The zero-order chi connectivity index (χ0) is 20.1. The van der Waals surface area contributed by atoms with E-state index in [2.05, 4.69) is 5.16 Å². The predicted molar refractivity (Wildman–Crippen MR) is 106 cm³/mol. The van der Waals surface area contributed by atoms with Crippen LogP contribution in [-0.2, 0) is 24.8 Å². The van der Waals surface area contributed by atoms with Crippen LogP contribution in [0.5, 0.6) is 0 Å². The van der Waals surface area contributed by atoms with E-state index in [0.717, 1.165) is 17.6 Å². The quantitative estimate of drug-likeness (QED) is 0.581. The maximum atomic E-state index is 11.5. The summed E-state index contributed by atoms with van der Waals surface area (Å²) in [6.07, 6.45) is 0.278. The maximum absolute atomic E-state index is 11.5. The van der Waals surface area contributed by atoms with E-state index in [1.54, 1.807) is 19.1 Å². The number of hydrogen-bond donors (Lipinski definition) is 1. The molecule has 7 nitrogen and oxygen atoms in total. The third kappa shape index (κ3) is 4.61. The van der Waals surface area contributed by atoms with Gasteiger partial charge in [0.05, 0.1) is 28.3 Å². The molecule has 0 aliphatic rings. The molecule has 0 bridgehead atoms. The van der Waals surface area contributed by atoms with Gasteiger partial charge in [-0.2, -0.15) is 0 Å². The van der Waals surface area contributed by atoms with Gasteiger partial charge in [0.2, 0.25) is 10.0 Å². The predicted octanol–water partition coefficient (Wildman–Crippen LogP) is 3.76. The van der Waals surface area contributed by atoms with Gasteiger partial charge in [-0.05, 0) is 17.7 Å². The lowest BCUT2D eigenvalue weighted by Gasteiger charge is -2.06. The molecule has 0 aliphatic carbocycles. The fraction of sp³-hybridized carbons (Fsp3) is 0.158. The van der Waals surface area contributed by atoms with Crippen molar-refractivity contribution in [2.24, 2.45) is 5.14 Å². The highest BCUT2D eigenvalue weighted by Gasteiger charge is 2.20.